The highest BCUT2D eigenvalue weighted by molar-refractivity contribution is 6.34. The molecule has 2 aliphatic rings. The Kier molecular flexibility index (Phi) is 3.02. The van der Waals surface area contributed by atoms with E-state index < -0.39 is 0 Å². The summed E-state index contributed by atoms with van der Waals surface area (Å²) in [5.41, 5.74) is 2.85. The van der Waals surface area contributed by atoms with E-state index in [-0.39, 0.29) is 12.0 Å². The lowest BCUT2D eigenvalue weighted by molar-refractivity contribution is -0.114. The van der Waals surface area contributed by atoms with Crippen LogP contribution in [0.25, 0.3) is 5.57 Å². The maximum Gasteiger partial charge on any atom is 0.221 e. The SMILES string of the molecule is CC(=O)Nc1c(Cl)ccc2c1C1=CCC(C)C(C1)O2. The lowest BCUT2D eigenvalue weighted by atomic mass is 9.82. The molecule has 1 aromatic carbocycles. The molecule has 1 N–H and O–H groups in total. The van der Waals surface area contributed by atoms with Crippen molar-refractivity contribution in [3.05, 3.63) is 28.8 Å². The van der Waals surface area contributed by atoms with E-state index in [0.29, 0.717) is 16.6 Å². The fourth-order valence-electron chi connectivity index (χ4n) is 2.78. The number of ether oxygens (including phenoxy) is 1. The normalized spacial score (nSPS) is 24.1. The molecule has 2 unspecified atom stereocenters. The molecule has 0 aromatic heterocycles. The van der Waals surface area contributed by atoms with E-state index in [0.717, 1.165) is 24.2 Å². The first-order chi connectivity index (χ1) is 9.06. The van der Waals surface area contributed by atoms with Gasteiger partial charge in [-0.2, -0.15) is 0 Å². The van der Waals surface area contributed by atoms with Crippen LogP contribution in [-0.4, -0.2) is 12.0 Å². The van der Waals surface area contributed by atoms with Gasteiger partial charge in [0.2, 0.25) is 5.91 Å². The number of nitrogens with one attached hydrogen (secondary N) is 1. The van der Waals surface area contributed by atoms with Gasteiger partial charge in [-0.25, -0.2) is 0 Å². The summed E-state index contributed by atoms with van der Waals surface area (Å²) in [6.07, 6.45) is 4.37. The van der Waals surface area contributed by atoms with Crippen molar-refractivity contribution in [2.45, 2.75) is 32.8 Å². The largest absolute Gasteiger partial charge is 0.489 e. The van der Waals surface area contributed by atoms with Crippen LogP contribution in [0.4, 0.5) is 5.69 Å². The van der Waals surface area contributed by atoms with Crippen molar-refractivity contribution in [3.63, 3.8) is 0 Å². The number of amides is 1. The Morgan fingerprint density at radius 2 is 2.26 bits per heavy atom. The number of allylic oxidation sites excluding steroid dienone is 1. The van der Waals surface area contributed by atoms with Crippen LogP contribution in [0.2, 0.25) is 5.02 Å². The van der Waals surface area contributed by atoms with Crippen LogP contribution < -0.4 is 10.1 Å². The Bertz CT molecular complexity index is 580. The van der Waals surface area contributed by atoms with Crippen LogP contribution in [0.3, 0.4) is 0 Å². The van der Waals surface area contributed by atoms with Gasteiger partial charge in [-0.05, 0) is 30.0 Å². The van der Waals surface area contributed by atoms with E-state index in [9.17, 15) is 4.79 Å². The maximum absolute atomic E-state index is 11.3. The maximum atomic E-state index is 11.3. The number of halogens is 1. The molecule has 2 bridgehead atoms. The first-order valence-electron chi connectivity index (χ1n) is 6.52. The minimum atomic E-state index is -0.123. The summed E-state index contributed by atoms with van der Waals surface area (Å²) in [7, 11) is 0. The number of carbonyl (C=O) groups is 1. The number of fused-ring (bicyclic) bond motifs is 4. The number of hydrogen-bond acceptors (Lipinski definition) is 2. The zero-order valence-corrected chi connectivity index (χ0v) is 11.8. The van der Waals surface area contributed by atoms with E-state index in [4.69, 9.17) is 16.3 Å². The number of anilines is 1. The van der Waals surface area contributed by atoms with Crippen molar-refractivity contribution in [1.29, 1.82) is 0 Å². The van der Waals surface area contributed by atoms with Gasteiger partial charge in [0.25, 0.3) is 0 Å². The van der Waals surface area contributed by atoms with Gasteiger partial charge in [0.15, 0.2) is 0 Å². The average molecular weight is 278 g/mol. The summed E-state index contributed by atoms with van der Waals surface area (Å²) in [4.78, 5) is 11.3. The first-order valence-corrected chi connectivity index (χ1v) is 6.90. The Morgan fingerprint density at radius 3 is 3.00 bits per heavy atom. The Labute approximate surface area is 117 Å². The number of rotatable bonds is 1. The predicted octanol–water partition coefficient (Wildman–Crippen LogP) is 3.87. The van der Waals surface area contributed by atoms with Crippen LogP contribution in [0.15, 0.2) is 18.2 Å². The van der Waals surface area contributed by atoms with Gasteiger partial charge < -0.3 is 10.1 Å². The molecular weight excluding hydrogens is 262 g/mol. The van der Waals surface area contributed by atoms with E-state index in [1.807, 2.05) is 6.07 Å². The predicted molar refractivity (Wildman–Crippen MR) is 76.5 cm³/mol. The molecule has 0 saturated heterocycles. The third-order valence-corrected chi connectivity index (χ3v) is 4.12. The van der Waals surface area contributed by atoms with Gasteiger partial charge in [-0.3, -0.25) is 4.79 Å². The molecule has 1 aliphatic carbocycles. The average Bonchev–Trinajstić information content (AvgIpc) is 2.37. The molecule has 0 saturated carbocycles. The summed E-state index contributed by atoms with van der Waals surface area (Å²) in [6.45, 7) is 3.69. The summed E-state index contributed by atoms with van der Waals surface area (Å²) in [5, 5.41) is 3.38. The molecule has 0 fully saturated rings. The fraction of sp³-hybridized carbons (Fsp3) is 0.400. The van der Waals surface area contributed by atoms with Crippen molar-refractivity contribution in [3.8, 4) is 5.75 Å². The van der Waals surface area contributed by atoms with E-state index in [1.54, 1.807) is 6.07 Å². The third-order valence-electron chi connectivity index (χ3n) is 3.81. The topological polar surface area (TPSA) is 38.3 Å². The quantitative estimate of drug-likeness (QED) is 0.846. The van der Waals surface area contributed by atoms with Crippen LogP contribution in [-0.2, 0) is 4.79 Å². The van der Waals surface area contributed by atoms with E-state index in [2.05, 4.69) is 18.3 Å². The van der Waals surface area contributed by atoms with Gasteiger partial charge in [0.05, 0.1) is 10.7 Å². The van der Waals surface area contributed by atoms with Crippen molar-refractivity contribution < 1.29 is 9.53 Å². The lowest BCUT2D eigenvalue weighted by Gasteiger charge is -2.36. The van der Waals surface area contributed by atoms with Crippen LogP contribution >= 0.6 is 11.6 Å². The summed E-state index contributed by atoms with van der Waals surface area (Å²) >= 11 is 6.21. The zero-order chi connectivity index (χ0) is 13.6. The van der Waals surface area contributed by atoms with E-state index in [1.165, 1.54) is 12.5 Å². The molecule has 4 heteroatoms. The van der Waals surface area contributed by atoms with Gasteiger partial charge in [0.1, 0.15) is 11.9 Å². The van der Waals surface area contributed by atoms with Gasteiger partial charge >= 0.3 is 0 Å². The fourth-order valence-corrected chi connectivity index (χ4v) is 2.98. The molecule has 1 heterocycles. The highest BCUT2D eigenvalue weighted by atomic mass is 35.5. The molecule has 100 valence electrons. The molecule has 3 nitrogen and oxygen atoms in total. The standard InChI is InChI=1S/C15H16ClNO2/c1-8-3-4-10-7-13(8)19-12-6-5-11(16)15(14(10)12)17-9(2)18/h4-6,8,13H,3,7H2,1-2H3,(H,17,18). The van der Waals surface area contributed by atoms with Crippen LogP contribution in [0.5, 0.6) is 5.75 Å². The monoisotopic (exact) mass is 277 g/mol. The molecule has 1 aromatic rings. The number of benzene rings is 1. The minimum absolute atomic E-state index is 0.123. The number of carbonyl (C=O) groups excluding carboxylic acids is 1. The minimum Gasteiger partial charge on any atom is -0.489 e. The summed E-state index contributed by atoms with van der Waals surface area (Å²) in [5.74, 6) is 1.22. The smallest absolute Gasteiger partial charge is 0.221 e. The molecule has 19 heavy (non-hydrogen) atoms. The molecule has 1 aliphatic heterocycles. The van der Waals surface area contributed by atoms with Gasteiger partial charge in [-0.15, -0.1) is 0 Å². The molecule has 3 rings (SSSR count). The van der Waals surface area contributed by atoms with Crippen molar-refractivity contribution >= 4 is 28.8 Å². The van der Waals surface area contributed by atoms with Crippen LogP contribution in [0.1, 0.15) is 32.3 Å². The Balaban J connectivity index is 2.14. The molecule has 2 atom stereocenters. The molecule has 0 radical (unpaired) electrons. The highest BCUT2D eigenvalue weighted by Gasteiger charge is 2.33. The summed E-state index contributed by atoms with van der Waals surface area (Å²) in [6, 6.07) is 3.67. The number of hydrogen-bond donors (Lipinski definition) is 1. The van der Waals surface area contributed by atoms with Gasteiger partial charge in [-0.1, -0.05) is 24.6 Å². The second-order valence-corrected chi connectivity index (χ2v) is 5.69. The second-order valence-electron chi connectivity index (χ2n) is 5.28. The van der Waals surface area contributed by atoms with Crippen LogP contribution in [0, 0.1) is 5.92 Å². The van der Waals surface area contributed by atoms with Crippen molar-refractivity contribution in [2.24, 2.45) is 5.92 Å². The highest BCUT2D eigenvalue weighted by Crippen LogP contribution is 2.47. The Hall–Kier alpha value is -1.48. The molecule has 0 spiro atoms. The lowest BCUT2D eigenvalue weighted by Crippen LogP contribution is -2.31. The summed E-state index contributed by atoms with van der Waals surface area (Å²) < 4.78 is 6.04. The first kappa shape index (κ1) is 12.5. The van der Waals surface area contributed by atoms with Gasteiger partial charge in [0, 0.05) is 18.9 Å². The second kappa shape index (κ2) is 4.57. The molecular formula is C15H16ClNO2. The van der Waals surface area contributed by atoms with E-state index >= 15 is 0 Å². The van der Waals surface area contributed by atoms with Crippen molar-refractivity contribution in [1.82, 2.24) is 0 Å². The molecule has 1 amide bonds. The third kappa shape index (κ3) is 2.12. The van der Waals surface area contributed by atoms with Crippen molar-refractivity contribution in [2.75, 3.05) is 5.32 Å². The zero-order valence-electron chi connectivity index (χ0n) is 11.0. The Morgan fingerprint density at radius 1 is 1.47 bits per heavy atom.